The highest BCUT2D eigenvalue weighted by Crippen LogP contribution is 2.14. The van der Waals surface area contributed by atoms with Crippen LogP contribution in [-0.4, -0.2) is 29.4 Å². The first-order valence-electron chi connectivity index (χ1n) is 7.29. The summed E-state index contributed by atoms with van der Waals surface area (Å²) in [6, 6.07) is 15.5. The molecule has 3 N–H and O–H groups in total. The van der Waals surface area contributed by atoms with Crippen LogP contribution in [0.5, 0.6) is 0 Å². The van der Waals surface area contributed by atoms with Crippen LogP contribution in [0.3, 0.4) is 0 Å². The van der Waals surface area contributed by atoms with Crippen LogP contribution in [0.15, 0.2) is 64.8 Å². The lowest BCUT2D eigenvalue weighted by atomic mass is 10.1. The number of nitrogens with one attached hydrogen (secondary N) is 2. The van der Waals surface area contributed by atoms with E-state index in [1.165, 1.54) is 6.08 Å². The maximum atomic E-state index is 12.3. The molecule has 0 saturated heterocycles. The molecule has 0 saturated carbocycles. The predicted molar refractivity (Wildman–Crippen MR) is 96.7 cm³/mol. The van der Waals surface area contributed by atoms with Crippen molar-refractivity contribution in [3.63, 3.8) is 0 Å². The lowest BCUT2D eigenvalue weighted by Gasteiger charge is -2.10. The molecule has 0 radical (unpaired) electrons. The Hall–Kier alpha value is -2.93. The van der Waals surface area contributed by atoms with E-state index in [0.717, 1.165) is 4.47 Å². The molecule has 0 spiro atoms. The third-order valence-electron chi connectivity index (χ3n) is 3.09. The van der Waals surface area contributed by atoms with Crippen LogP contribution in [0.2, 0.25) is 0 Å². The molecule has 7 heteroatoms. The standard InChI is InChI=1S/C18H15BrN2O4/c19-14-8-4-5-12(9-14)10-15(18(25)20-11-16(22)23)21-17(24)13-6-2-1-3-7-13/h1-10H,11H2,(H,20,25)(H,21,24)(H,22,23). The van der Waals surface area contributed by atoms with Crippen molar-refractivity contribution in [3.8, 4) is 0 Å². The average Bonchev–Trinajstić information content (AvgIpc) is 2.59. The molecule has 2 rings (SSSR count). The van der Waals surface area contributed by atoms with Crippen molar-refractivity contribution in [2.75, 3.05) is 6.54 Å². The van der Waals surface area contributed by atoms with Crippen molar-refractivity contribution in [1.82, 2.24) is 10.6 Å². The zero-order valence-electron chi connectivity index (χ0n) is 13.0. The second-order valence-corrected chi connectivity index (χ2v) is 5.93. The molecule has 2 aromatic carbocycles. The normalized spacial score (nSPS) is 10.8. The van der Waals surface area contributed by atoms with Crippen molar-refractivity contribution in [2.45, 2.75) is 0 Å². The Bertz CT molecular complexity index is 819. The Morgan fingerprint density at radius 2 is 1.76 bits per heavy atom. The number of halogens is 1. The highest BCUT2D eigenvalue weighted by Gasteiger charge is 2.15. The lowest BCUT2D eigenvalue weighted by Crippen LogP contribution is -2.37. The van der Waals surface area contributed by atoms with Gasteiger partial charge in [0.05, 0.1) is 0 Å². The minimum atomic E-state index is -1.18. The summed E-state index contributed by atoms with van der Waals surface area (Å²) in [5.41, 5.74) is 1.00. The Morgan fingerprint density at radius 1 is 1.04 bits per heavy atom. The highest BCUT2D eigenvalue weighted by molar-refractivity contribution is 9.10. The molecule has 0 heterocycles. The summed E-state index contributed by atoms with van der Waals surface area (Å²) in [4.78, 5) is 35.2. The first-order chi connectivity index (χ1) is 12.0. The van der Waals surface area contributed by atoms with Crippen LogP contribution in [0.4, 0.5) is 0 Å². The molecule has 2 amide bonds. The molecule has 0 aliphatic heterocycles. The number of rotatable bonds is 6. The summed E-state index contributed by atoms with van der Waals surface area (Å²) in [5.74, 6) is -2.33. The van der Waals surface area contributed by atoms with E-state index in [9.17, 15) is 14.4 Å². The zero-order valence-corrected chi connectivity index (χ0v) is 14.6. The van der Waals surface area contributed by atoms with Gasteiger partial charge >= 0.3 is 5.97 Å². The molecule has 0 aliphatic rings. The van der Waals surface area contributed by atoms with E-state index in [1.807, 2.05) is 6.07 Å². The molecule has 25 heavy (non-hydrogen) atoms. The van der Waals surface area contributed by atoms with Gasteiger partial charge in [0.1, 0.15) is 12.2 Å². The number of carboxylic acids is 1. The van der Waals surface area contributed by atoms with Crippen LogP contribution in [0.1, 0.15) is 15.9 Å². The molecule has 0 aromatic heterocycles. The third kappa shape index (κ3) is 5.89. The van der Waals surface area contributed by atoms with Crippen LogP contribution in [0, 0.1) is 0 Å². The van der Waals surface area contributed by atoms with Crippen LogP contribution in [-0.2, 0) is 9.59 Å². The summed E-state index contributed by atoms with van der Waals surface area (Å²) in [6.07, 6.45) is 1.47. The van der Waals surface area contributed by atoms with Gasteiger partial charge in [-0.15, -0.1) is 0 Å². The molecule has 0 aliphatic carbocycles. The molecular formula is C18H15BrN2O4. The van der Waals surface area contributed by atoms with Gasteiger partial charge in [-0.3, -0.25) is 14.4 Å². The number of aliphatic carboxylic acids is 1. The zero-order chi connectivity index (χ0) is 18.2. The number of benzene rings is 2. The van der Waals surface area contributed by atoms with Crippen LogP contribution >= 0.6 is 15.9 Å². The largest absolute Gasteiger partial charge is 0.480 e. The van der Waals surface area contributed by atoms with Crippen LogP contribution in [0.25, 0.3) is 6.08 Å². The second kappa shape index (κ2) is 8.79. The van der Waals surface area contributed by atoms with E-state index in [2.05, 4.69) is 26.6 Å². The minimum absolute atomic E-state index is 0.0480. The molecule has 0 atom stereocenters. The molecular weight excluding hydrogens is 388 g/mol. The highest BCUT2D eigenvalue weighted by atomic mass is 79.9. The topological polar surface area (TPSA) is 95.5 Å². The van der Waals surface area contributed by atoms with Gasteiger partial charge in [-0.1, -0.05) is 46.3 Å². The fraction of sp³-hybridized carbons (Fsp3) is 0.0556. The number of hydrogen-bond donors (Lipinski definition) is 3. The van der Waals surface area contributed by atoms with E-state index < -0.39 is 24.3 Å². The molecule has 0 fully saturated rings. The quantitative estimate of drug-likeness (QED) is 0.646. The summed E-state index contributed by atoms with van der Waals surface area (Å²) in [6.45, 7) is -0.546. The maximum Gasteiger partial charge on any atom is 0.322 e. The number of carbonyl (C=O) groups excluding carboxylic acids is 2. The summed E-state index contributed by atoms with van der Waals surface area (Å²) in [7, 11) is 0. The van der Waals surface area contributed by atoms with Gasteiger partial charge in [0.15, 0.2) is 0 Å². The smallest absolute Gasteiger partial charge is 0.322 e. The molecule has 128 valence electrons. The van der Waals surface area contributed by atoms with Gasteiger partial charge in [0.2, 0.25) is 0 Å². The van der Waals surface area contributed by atoms with E-state index in [4.69, 9.17) is 5.11 Å². The molecule has 0 bridgehead atoms. The van der Waals surface area contributed by atoms with Gasteiger partial charge in [-0.05, 0) is 35.9 Å². The number of amides is 2. The Morgan fingerprint density at radius 3 is 2.40 bits per heavy atom. The van der Waals surface area contributed by atoms with Gasteiger partial charge in [-0.2, -0.15) is 0 Å². The molecule has 2 aromatic rings. The number of hydrogen-bond acceptors (Lipinski definition) is 3. The third-order valence-corrected chi connectivity index (χ3v) is 3.58. The Labute approximate surface area is 152 Å². The van der Waals surface area contributed by atoms with E-state index in [0.29, 0.717) is 11.1 Å². The van der Waals surface area contributed by atoms with E-state index in [-0.39, 0.29) is 5.70 Å². The van der Waals surface area contributed by atoms with Gasteiger partial charge in [0.25, 0.3) is 11.8 Å². The van der Waals surface area contributed by atoms with Crippen molar-refractivity contribution in [3.05, 3.63) is 75.9 Å². The average molecular weight is 403 g/mol. The summed E-state index contributed by atoms with van der Waals surface area (Å²) in [5, 5.41) is 13.5. The lowest BCUT2D eigenvalue weighted by molar-refractivity contribution is -0.137. The molecule has 6 nitrogen and oxygen atoms in total. The Balaban J connectivity index is 2.26. The number of carbonyl (C=O) groups is 3. The predicted octanol–water partition coefficient (Wildman–Crippen LogP) is 2.42. The van der Waals surface area contributed by atoms with Crippen molar-refractivity contribution >= 4 is 39.8 Å². The van der Waals surface area contributed by atoms with E-state index >= 15 is 0 Å². The van der Waals surface area contributed by atoms with Crippen molar-refractivity contribution in [2.24, 2.45) is 0 Å². The fourth-order valence-corrected chi connectivity index (χ4v) is 2.37. The van der Waals surface area contributed by atoms with Gasteiger partial charge in [-0.25, -0.2) is 0 Å². The Kier molecular flexibility index (Phi) is 6.47. The van der Waals surface area contributed by atoms with Crippen molar-refractivity contribution in [1.29, 1.82) is 0 Å². The molecule has 0 unspecified atom stereocenters. The SMILES string of the molecule is O=C(O)CNC(=O)C(=Cc1cccc(Br)c1)NC(=O)c1ccccc1. The second-order valence-electron chi connectivity index (χ2n) is 5.01. The number of carboxylic acid groups (broad SMARTS) is 1. The van der Waals surface area contributed by atoms with E-state index in [1.54, 1.807) is 48.5 Å². The first kappa shape index (κ1) is 18.4. The van der Waals surface area contributed by atoms with Crippen LogP contribution < -0.4 is 10.6 Å². The monoisotopic (exact) mass is 402 g/mol. The summed E-state index contributed by atoms with van der Waals surface area (Å²) < 4.78 is 0.806. The van der Waals surface area contributed by atoms with Crippen molar-refractivity contribution < 1.29 is 19.5 Å². The van der Waals surface area contributed by atoms with Gasteiger partial charge < -0.3 is 15.7 Å². The minimum Gasteiger partial charge on any atom is -0.480 e. The summed E-state index contributed by atoms with van der Waals surface area (Å²) >= 11 is 3.33. The van der Waals surface area contributed by atoms with Gasteiger partial charge in [0, 0.05) is 10.0 Å². The first-order valence-corrected chi connectivity index (χ1v) is 8.08. The fourth-order valence-electron chi connectivity index (χ4n) is 1.96. The maximum absolute atomic E-state index is 12.3.